The summed E-state index contributed by atoms with van der Waals surface area (Å²) >= 11 is 0. The molecule has 1 heterocycles. The summed E-state index contributed by atoms with van der Waals surface area (Å²) in [5.41, 5.74) is 0.822. The second-order valence-electron chi connectivity index (χ2n) is 6.02. The van der Waals surface area contributed by atoms with E-state index < -0.39 is 9.84 Å². The second-order valence-corrected chi connectivity index (χ2v) is 8.25. The van der Waals surface area contributed by atoms with E-state index in [0.29, 0.717) is 18.7 Å². The monoisotopic (exact) mass is 351 g/mol. The summed E-state index contributed by atoms with van der Waals surface area (Å²) in [7, 11) is -1.43. The first-order valence-electron chi connectivity index (χ1n) is 8.29. The highest BCUT2D eigenvalue weighted by atomic mass is 32.2. The molecule has 0 N–H and O–H groups in total. The number of para-hydroxylation sites is 1. The maximum Gasteiger partial charge on any atom is 0.246 e. The molecule has 1 aliphatic heterocycles. The van der Waals surface area contributed by atoms with Crippen molar-refractivity contribution in [2.45, 2.75) is 32.2 Å². The molecule has 1 atom stereocenters. The number of rotatable bonds is 7. The van der Waals surface area contributed by atoms with Gasteiger partial charge < -0.3 is 9.64 Å². The molecule has 1 aliphatic rings. The molecule has 1 aromatic carbocycles. The first-order valence-corrected chi connectivity index (χ1v) is 10.1. The number of carbonyl (C=O) groups is 1. The molecular weight excluding hydrogens is 326 g/mol. The molecule has 0 saturated carbocycles. The topological polar surface area (TPSA) is 63.7 Å². The van der Waals surface area contributed by atoms with Gasteiger partial charge in [0.25, 0.3) is 0 Å². The Morgan fingerprint density at radius 2 is 2.12 bits per heavy atom. The van der Waals surface area contributed by atoms with Crippen LogP contribution in [0.25, 0.3) is 6.08 Å². The van der Waals surface area contributed by atoms with Gasteiger partial charge >= 0.3 is 0 Å². The van der Waals surface area contributed by atoms with Gasteiger partial charge in [-0.25, -0.2) is 8.42 Å². The minimum absolute atomic E-state index is 0.0744. The third-order valence-corrected chi connectivity index (χ3v) is 5.98. The van der Waals surface area contributed by atoms with Crippen LogP contribution >= 0.6 is 0 Å². The molecular formula is C18H25NO4S. The van der Waals surface area contributed by atoms with E-state index in [4.69, 9.17) is 4.74 Å². The van der Waals surface area contributed by atoms with E-state index in [9.17, 15) is 13.2 Å². The molecule has 132 valence electrons. The number of nitrogens with zero attached hydrogens (tertiary/aromatic N) is 1. The number of benzene rings is 1. The fourth-order valence-electron chi connectivity index (χ4n) is 2.88. The molecule has 1 aromatic rings. The quantitative estimate of drug-likeness (QED) is 0.708. The summed E-state index contributed by atoms with van der Waals surface area (Å²) in [6.45, 7) is 2.64. The highest BCUT2D eigenvalue weighted by Gasteiger charge is 2.33. The first-order chi connectivity index (χ1) is 11.5. The van der Waals surface area contributed by atoms with E-state index >= 15 is 0 Å². The van der Waals surface area contributed by atoms with E-state index in [0.717, 1.165) is 18.4 Å². The zero-order chi connectivity index (χ0) is 17.6. The molecule has 1 unspecified atom stereocenters. The Labute approximate surface area is 144 Å². The predicted octanol–water partition coefficient (Wildman–Crippen LogP) is 2.52. The Balaban J connectivity index is 2.14. The molecule has 1 saturated heterocycles. The SMILES string of the molecule is CCCCN(C(=O)/C=C/c1ccccc1OC)C1CCS(=O)(=O)C1. The maximum atomic E-state index is 12.6. The van der Waals surface area contributed by atoms with Crippen LogP contribution in [0.4, 0.5) is 0 Å². The standard InChI is InChI=1S/C18H25NO4S/c1-3-4-12-19(16-11-13-24(21,22)14-16)18(20)10-9-15-7-5-6-8-17(15)23-2/h5-10,16H,3-4,11-14H2,1-2H3/b10-9+. The smallest absolute Gasteiger partial charge is 0.246 e. The molecule has 0 bridgehead atoms. The van der Waals surface area contributed by atoms with Crippen LogP contribution in [0.2, 0.25) is 0 Å². The van der Waals surface area contributed by atoms with Crippen molar-refractivity contribution >= 4 is 21.8 Å². The molecule has 0 spiro atoms. The summed E-state index contributed by atoms with van der Waals surface area (Å²) in [5, 5.41) is 0. The van der Waals surface area contributed by atoms with Gasteiger partial charge in [0.2, 0.25) is 5.91 Å². The second kappa shape index (κ2) is 8.33. The van der Waals surface area contributed by atoms with Crippen molar-refractivity contribution in [1.82, 2.24) is 4.90 Å². The molecule has 0 radical (unpaired) electrons. The summed E-state index contributed by atoms with van der Waals surface area (Å²) in [4.78, 5) is 14.3. The van der Waals surface area contributed by atoms with Crippen LogP contribution in [0.3, 0.4) is 0 Å². The molecule has 0 aliphatic carbocycles. The van der Waals surface area contributed by atoms with Crippen LogP contribution in [0, 0.1) is 0 Å². The lowest BCUT2D eigenvalue weighted by molar-refractivity contribution is -0.127. The minimum Gasteiger partial charge on any atom is -0.496 e. The Morgan fingerprint density at radius 1 is 1.38 bits per heavy atom. The number of amides is 1. The van der Waals surface area contributed by atoms with Gasteiger partial charge in [-0.05, 0) is 25.0 Å². The van der Waals surface area contributed by atoms with E-state index in [1.54, 1.807) is 18.1 Å². The lowest BCUT2D eigenvalue weighted by atomic mass is 10.1. The van der Waals surface area contributed by atoms with Crippen LogP contribution in [0.1, 0.15) is 31.7 Å². The third kappa shape index (κ3) is 4.84. The van der Waals surface area contributed by atoms with Crippen molar-refractivity contribution in [2.24, 2.45) is 0 Å². The zero-order valence-electron chi connectivity index (χ0n) is 14.3. The van der Waals surface area contributed by atoms with Crippen molar-refractivity contribution in [2.75, 3.05) is 25.2 Å². The molecule has 24 heavy (non-hydrogen) atoms. The maximum absolute atomic E-state index is 12.6. The predicted molar refractivity (Wildman–Crippen MR) is 95.7 cm³/mol. The van der Waals surface area contributed by atoms with E-state index in [1.807, 2.05) is 24.3 Å². The zero-order valence-corrected chi connectivity index (χ0v) is 15.1. The lowest BCUT2D eigenvalue weighted by Gasteiger charge is -2.27. The van der Waals surface area contributed by atoms with E-state index in [-0.39, 0.29) is 23.5 Å². The average molecular weight is 351 g/mol. The Kier molecular flexibility index (Phi) is 6.43. The molecule has 0 aromatic heterocycles. The molecule has 5 nitrogen and oxygen atoms in total. The first kappa shape index (κ1) is 18.5. The van der Waals surface area contributed by atoms with E-state index in [2.05, 4.69) is 6.92 Å². The summed E-state index contributed by atoms with van der Waals surface area (Å²) in [6.07, 6.45) is 5.59. The normalized spacial score (nSPS) is 19.5. The average Bonchev–Trinajstić information content (AvgIpc) is 2.93. The van der Waals surface area contributed by atoms with Gasteiger partial charge in [0, 0.05) is 24.2 Å². The molecule has 1 amide bonds. The number of unbranched alkanes of at least 4 members (excludes halogenated alkanes) is 1. The van der Waals surface area contributed by atoms with Crippen LogP contribution < -0.4 is 4.74 Å². The van der Waals surface area contributed by atoms with Gasteiger partial charge in [-0.2, -0.15) is 0 Å². The van der Waals surface area contributed by atoms with Crippen molar-refractivity contribution in [3.63, 3.8) is 0 Å². The van der Waals surface area contributed by atoms with Crippen LogP contribution in [-0.4, -0.2) is 50.4 Å². The fraction of sp³-hybridized carbons (Fsp3) is 0.500. The van der Waals surface area contributed by atoms with Gasteiger partial charge in [-0.15, -0.1) is 0 Å². The largest absolute Gasteiger partial charge is 0.496 e. The highest BCUT2D eigenvalue weighted by molar-refractivity contribution is 7.91. The van der Waals surface area contributed by atoms with Crippen molar-refractivity contribution in [3.8, 4) is 5.75 Å². The third-order valence-electron chi connectivity index (χ3n) is 4.23. The number of ether oxygens (including phenoxy) is 1. The van der Waals surface area contributed by atoms with Gasteiger partial charge in [0.1, 0.15) is 5.75 Å². The van der Waals surface area contributed by atoms with Gasteiger partial charge in [-0.1, -0.05) is 31.5 Å². The molecule has 6 heteroatoms. The summed E-state index contributed by atoms with van der Waals surface area (Å²) in [6, 6.07) is 7.25. The number of hydrogen-bond donors (Lipinski definition) is 0. The minimum atomic E-state index is -3.01. The molecule has 2 rings (SSSR count). The number of carbonyl (C=O) groups excluding carboxylic acids is 1. The van der Waals surface area contributed by atoms with Crippen LogP contribution in [-0.2, 0) is 14.6 Å². The van der Waals surface area contributed by atoms with Gasteiger partial charge in [0.15, 0.2) is 9.84 Å². The highest BCUT2D eigenvalue weighted by Crippen LogP contribution is 2.21. The Morgan fingerprint density at radius 3 is 2.75 bits per heavy atom. The lowest BCUT2D eigenvalue weighted by Crippen LogP contribution is -2.40. The number of hydrogen-bond acceptors (Lipinski definition) is 4. The van der Waals surface area contributed by atoms with Crippen molar-refractivity contribution in [3.05, 3.63) is 35.9 Å². The van der Waals surface area contributed by atoms with Gasteiger partial charge in [-0.3, -0.25) is 4.79 Å². The summed E-state index contributed by atoms with van der Waals surface area (Å²) < 4.78 is 28.7. The number of methoxy groups -OCH3 is 1. The number of sulfone groups is 1. The molecule has 1 fully saturated rings. The van der Waals surface area contributed by atoms with Gasteiger partial charge in [0.05, 0.1) is 18.6 Å². The van der Waals surface area contributed by atoms with E-state index in [1.165, 1.54) is 6.08 Å². The Bertz CT molecular complexity index is 697. The summed E-state index contributed by atoms with van der Waals surface area (Å²) in [5.74, 6) is 0.802. The fourth-order valence-corrected chi connectivity index (χ4v) is 4.61. The van der Waals surface area contributed by atoms with Crippen molar-refractivity contribution in [1.29, 1.82) is 0 Å². The van der Waals surface area contributed by atoms with Crippen molar-refractivity contribution < 1.29 is 17.9 Å². The Hall–Kier alpha value is -1.82. The van der Waals surface area contributed by atoms with Crippen LogP contribution in [0.5, 0.6) is 5.75 Å². The van der Waals surface area contributed by atoms with Crippen LogP contribution in [0.15, 0.2) is 30.3 Å².